The highest BCUT2D eigenvalue weighted by Gasteiger charge is 2.27. The van der Waals surface area contributed by atoms with E-state index >= 15 is 0 Å². The zero-order valence-corrected chi connectivity index (χ0v) is 26.1. The van der Waals surface area contributed by atoms with Gasteiger partial charge in [0.25, 0.3) is 11.5 Å². The van der Waals surface area contributed by atoms with Gasteiger partial charge in [-0.05, 0) is 62.9 Å². The maximum absolute atomic E-state index is 13.7. The fraction of sp³-hybridized carbons (Fsp3) is 0.379. The number of halogens is 1. The van der Waals surface area contributed by atoms with E-state index in [9.17, 15) is 18.0 Å². The number of carbonyl (C=O) groups excluding carboxylic acids is 1. The minimum absolute atomic E-state index is 0.0321. The van der Waals surface area contributed by atoms with E-state index in [0.717, 1.165) is 48.2 Å². The number of piperidine rings is 1. The Kier molecular flexibility index (Phi) is 8.39. The molecule has 0 saturated carbocycles. The van der Waals surface area contributed by atoms with Gasteiger partial charge in [-0.1, -0.05) is 17.7 Å². The molecule has 1 amide bonds. The molecule has 0 spiro atoms. The predicted molar refractivity (Wildman–Crippen MR) is 166 cm³/mol. The molecular formula is C29H33ClN8O4S. The van der Waals surface area contributed by atoms with E-state index < -0.39 is 22.0 Å². The van der Waals surface area contributed by atoms with Crippen molar-refractivity contribution in [2.24, 2.45) is 7.05 Å². The van der Waals surface area contributed by atoms with Gasteiger partial charge < -0.3 is 10.2 Å². The molecule has 0 bridgehead atoms. The summed E-state index contributed by atoms with van der Waals surface area (Å²) < 4.78 is 26.9. The van der Waals surface area contributed by atoms with Crippen LogP contribution in [0.2, 0.25) is 5.15 Å². The lowest BCUT2D eigenvalue weighted by Crippen LogP contribution is -2.39. The van der Waals surface area contributed by atoms with Gasteiger partial charge in [-0.15, -0.1) is 0 Å². The summed E-state index contributed by atoms with van der Waals surface area (Å²) in [6, 6.07) is 6.36. The Labute approximate surface area is 254 Å². The summed E-state index contributed by atoms with van der Waals surface area (Å²) in [5, 5.41) is 3.76. The second-order valence-electron chi connectivity index (χ2n) is 11.0. The number of aromatic nitrogens is 5. The molecule has 4 heterocycles. The van der Waals surface area contributed by atoms with Crippen molar-refractivity contribution in [1.29, 1.82) is 0 Å². The fourth-order valence-corrected chi connectivity index (χ4v) is 6.03. The Hall–Kier alpha value is -4.10. The van der Waals surface area contributed by atoms with Gasteiger partial charge in [0, 0.05) is 44.0 Å². The largest absolute Gasteiger partial charge is 0.377 e. The zero-order valence-electron chi connectivity index (χ0n) is 24.5. The topological polar surface area (TPSA) is 152 Å². The number of hydrogen-bond acceptors (Lipinski definition) is 10. The van der Waals surface area contributed by atoms with Crippen molar-refractivity contribution >= 4 is 50.1 Å². The minimum Gasteiger partial charge on any atom is -0.377 e. The van der Waals surface area contributed by atoms with Crippen LogP contribution in [0.5, 0.6) is 0 Å². The summed E-state index contributed by atoms with van der Waals surface area (Å²) in [6.45, 7) is 7.04. The average Bonchev–Trinajstić information content (AvgIpc) is 2.95. The van der Waals surface area contributed by atoms with Crippen molar-refractivity contribution in [3.63, 3.8) is 0 Å². The van der Waals surface area contributed by atoms with E-state index in [1.807, 2.05) is 50.0 Å². The van der Waals surface area contributed by atoms with Crippen molar-refractivity contribution in [3.8, 4) is 0 Å². The van der Waals surface area contributed by atoms with Gasteiger partial charge in [-0.3, -0.25) is 14.2 Å². The number of rotatable bonds is 7. The average molecular weight is 625 g/mol. The molecule has 2 N–H and O–H groups in total. The first-order chi connectivity index (χ1) is 20.3. The molecule has 5 rings (SSSR count). The fourth-order valence-electron chi connectivity index (χ4n) is 5.45. The van der Waals surface area contributed by atoms with Crippen LogP contribution in [0.15, 0.2) is 41.5 Å². The van der Waals surface area contributed by atoms with Crippen molar-refractivity contribution in [2.45, 2.75) is 45.6 Å². The van der Waals surface area contributed by atoms with Crippen LogP contribution < -0.4 is 20.5 Å². The lowest BCUT2D eigenvalue weighted by atomic mass is 9.92. The number of nitrogens with zero attached hydrogens (tertiary/aromatic N) is 6. The molecule has 1 fully saturated rings. The van der Waals surface area contributed by atoms with Crippen LogP contribution in [0.4, 0.5) is 11.6 Å². The van der Waals surface area contributed by atoms with Gasteiger partial charge in [0.2, 0.25) is 16.0 Å². The van der Waals surface area contributed by atoms with Crippen LogP contribution >= 0.6 is 11.6 Å². The normalized spacial score (nSPS) is 16.2. The third-order valence-corrected chi connectivity index (χ3v) is 8.27. The molecule has 3 aromatic heterocycles. The van der Waals surface area contributed by atoms with E-state index in [1.54, 1.807) is 17.7 Å². The second kappa shape index (κ2) is 11.9. The number of sulfonamides is 1. The molecule has 43 heavy (non-hydrogen) atoms. The Bertz CT molecular complexity index is 1880. The highest BCUT2D eigenvalue weighted by atomic mass is 35.5. The molecule has 1 aliphatic rings. The number of fused-ring (bicyclic) bond motifs is 1. The first kappa shape index (κ1) is 30.4. The summed E-state index contributed by atoms with van der Waals surface area (Å²) in [4.78, 5) is 46.4. The number of amides is 1. The van der Waals surface area contributed by atoms with Gasteiger partial charge in [0.05, 0.1) is 28.9 Å². The van der Waals surface area contributed by atoms with E-state index in [1.165, 1.54) is 6.07 Å². The first-order valence-corrected chi connectivity index (χ1v) is 16.1. The van der Waals surface area contributed by atoms with E-state index in [0.29, 0.717) is 23.4 Å². The van der Waals surface area contributed by atoms with Crippen molar-refractivity contribution in [3.05, 3.63) is 80.4 Å². The van der Waals surface area contributed by atoms with Crippen molar-refractivity contribution in [2.75, 3.05) is 29.6 Å². The summed E-state index contributed by atoms with van der Waals surface area (Å²) in [5.41, 5.74) is 3.13. The van der Waals surface area contributed by atoms with Crippen LogP contribution in [0.25, 0.3) is 10.9 Å². The zero-order chi connectivity index (χ0) is 31.1. The number of benzene rings is 1. The van der Waals surface area contributed by atoms with Crippen LogP contribution in [0, 0.1) is 13.8 Å². The van der Waals surface area contributed by atoms with E-state index in [2.05, 4.69) is 25.2 Å². The number of pyridine rings is 1. The highest BCUT2D eigenvalue weighted by Crippen LogP contribution is 2.32. The Morgan fingerprint density at radius 1 is 1.14 bits per heavy atom. The molecule has 2 atom stereocenters. The predicted octanol–water partition coefficient (Wildman–Crippen LogP) is 3.64. The molecule has 14 heteroatoms. The van der Waals surface area contributed by atoms with Gasteiger partial charge in [0.15, 0.2) is 5.69 Å². The third kappa shape index (κ3) is 6.62. The van der Waals surface area contributed by atoms with E-state index in [4.69, 9.17) is 16.6 Å². The number of aryl methyl sites for hydroxylation is 2. The van der Waals surface area contributed by atoms with Crippen LogP contribution in [-0.4, -0.2) is 58.2 Å². The Morgan fingerprint density at radius 2 is 1.86 bits per heavy atom. The molecule has 0 unspecified atom stereocenters. The summed E-state index contributed by atoms with van der Waals surface area (Å²) in [7, 11) is -2.10. The number of hydrogen-bond donors (Lipinski definition) is 2. The third-order valence-electron chi connectivity index (χ3n) is 7.50. The minimum atomic E-state index is -3.83. The number of nitrogens with one attached hydrogen (secondary N) is 2. The quantitative estimate of drug-likeness (QED) is 0.292. The van der Waals surface area contributed by atoms with Crippen LogP contribution in [-0.2, 0) is 17.1 Å². The molecule has 0 radical (unpaired) electrons. The van der Waals surface area contributed by atoms with Gasteiger partial charge in [-0.25, -0.2) is 33.1 Å². The van der Waals surface area contributed by atoms with Crippen molar-refractivity contribution in [1.82, 2.24) is 29.2 Å². The molecular weight excluding hydrogens is 592 g/mol. The second-order valence-corrected chi connectivity index (χ2v) is 13.1. The Balaban J connectivity index is 1.53. The smallest absolute Gasteiger partial charge is 0.285 e. The lowest BCUT2D eigenvalue weighted by molar-refractivity contribution is 0.0977. The monoisotopic (exact) mass is 624 g/mol. The molecule has 12 nitrogen and oxygen atoms in total. The van der Waals surface area contributed by atoms with Gasteiger partial charge in [0.1, 0.15) is 11.0 Å². The van der Waals surface area contributed by atoms with Crippen LogP contribution in [0.1, 0.15) is 64.7 Å². The molecule has 4 aromatic rings. The molecule has 226 valence electrons. The maximum Gasteiger partial charge on any atom is 0.285 e. The standard InChI is InChI=1S/C29H33ClN8O4S/c1-16-11-21(17(2)33-23-8-9-24(30)34-26(23)27(39)36-43(5,41)42)25-22(12-16)28(40)37(4)29(35-25)38-10-6-7-19(15-38)20-13-31-18(3)32-14-20/h8-9,11-14,17,19,33H,6-7,10,15H2,1-5H3,(H,36,39)/t17-,19-/m1/s1. The Morgan fingerprint density at radius 3 is 2.56 bits per heavy atom. The van der Waals surface area contributed by atoms with Gasteiger partial charge >= 0.3 is 0 Å². The highest BCUT2D eigenvalue weighted by molar-refractivity contribution is 7.89. The number of anilines is 2. The SMILES string of the molecule is Cc1cc([C@@H](C)Nc2ccc(Cl)nc2C(=O)NS(C)(=O)=O)c2nc(N3CCC[C@@H](c4cnc(C)nc4)C3)n(C)c(=O)c2c1. The molecule has 1 aromatic carbocycles. The van der Waals surface area contributed by atoms with Crippen LogP contribution in [0.3, 0.4) is 0 Å². The van der Waals surface area contributed by atoms with Gasteiger partial charge in [-0.2, -0.15) is 0 Å². The maximum atomic E-state index is 13.7. The summed E-state index contributed by atoms with van der Waals surface area (Å²) in [6.07, 6.45) is 6.53. The summed E-state index contributed by atoms with van der Waals surface area (Å²) in [5.74, 6) is 0.572. The molecule has 1 aliphatic heterocycles. The first-order valence-electron chi connectivity index (χ1n) is 13.8. The van der Waals surface area contributed by atoms with E-state index in [-0.39, 0.29) is 28.0 Å². The van der Waals surface area contributed by atoms with Crippen molar-refractivity contribution < 1.29 is 13.2 Å². The lowest BCUT2D eigenvalue weighted by Gasteiger charge is -2.34. The molecule has 0 aliphatic carbocycles. The summed E-state index contributed by atoms with van der Waals surface area (Å²) >= 11 is 6.04. The molecule has 1 saturated heterocycles. The number of carbonyl (C=O) groups is 1.